The van der Waals surface area contributed by atoms with E-state index in [1.165, 1.54) is 0 Å². The summed E-state index contributed by atoms with van der Waals surface area (Å²) in [5.41, 5.74) is -0.108. The van der Waals surface area contributed by atoms with Crippen molar-refractivity contribution in [2.24, 2.45) is 22.7 Å². The molecule has 2 aromatic rings. The van der Waals surface area contributed by atoms with Gasteiger partial charge in [-0.1, -0.05) is 13.8 Å². The van der Waals surface area contributed by atoms with Crippen LogP contribution in [0.3, 0.4) is 0 Å². The van der Waals surface area contributed by atoms with Gasteiger partial charge in [-0.05, 0) is 62.5 Å². The molecule has 6 atom stereocenters. The number of nitrogens with zero attached hydrogens (tertiary/aromatic N) is 1. The molecule has 166 valence electrons. The van der Waals surface area contributed by atoms with E-state index in [9.17, 15) is 15.0 Å². The van der Waals surface area contributed by atoms with E-state index in [2.05, 4.69) is 18.8 Å². The van der Waals surface area contributed by atoms with Crippen LogP contribution in [0.4, 0.5) is 0 Å². The number of ether oxygens (including phenoxy) is 1. The van der Waals surface area contributed by atoms with Crippen LogP contribution < -0.4 is 10.4 Å². The number of rotatable bonds is 2. The number of pyridine rings is 1. The lowest BCUT2D eigenvalue weighted by atomic mass is 9.44. The summed E-state index contributed by atoms with van der Waals surface area (Å²) in [6.45, 7) is 6.39. The van der Waals surface area contributed by atoms with Crippen LogP contribution in [0, 0.1) is 22.7 Å². The minimum absolute atomic E-state index is 0.0358. The summed E-state index contributed by atoms with van der Waals surface area (Å²) in [6, 6.07) is 5.50. The van der Waals surface area contributed by atoms with Gasteiger partial charge in [-0.25, -0.2) is 4.79 Å². The monoisotopic (exact) mass is 425 g/mol. The molecule has 2 aliphatic carbocycles. The van der Waals surface area contributed by atoms with Gasteiger partial charge in [0, 0.05) is 35.4 Å². The fraction of sp³-hybridized carbons (Fsp3) is 0.600. The number of aliphatic hydroxyl groups is 2. The van der Waals surface area contributed by atoms with E-state index in [1.54, 1.807) is 12.4 Å². The third-order valence-electron chi connectivity index (χ3n) is 8.82. The quantitative estimate of drug-likeness (QED) is 0.764. The van der Waals surface area contributed by atoms with Gasteiger partial charge in [-0.3, -0.25) is 4.98 Å². The molecule has 3 aliphatic rings. The highest BCUT2D eigenvalue weighted by Crippen LogP contribution is 2.64. The molecule has 3 heterocycles. The standard InChI is InChI=1S/C25H31NO5/c1-23-8-7-21(28)24(2,14-27)19(23)6-9-25(3)20(23)11-16-18(31-25)12-17(30-22(16)29)15-5-4-10-26-13-15/h4-5,10,12-13,19-21,27-28H,6-9,11,14H2,1-3H3/t19-,20-,21+,23+,24+,25-/m1/s1. The fourth-order valence-corrected chi connectivity index (χ4v) is 6.98. The van der Waals surface area contributed by atoms with E-state index < -0.39 is 17.1 Å². The van der Waals surface area contributed by atoms with Gasteiger partial charge < -0.3 is 19.4 Å². The Labute approximate surface area is 182 Å². The van der Waals surface area contributed by atoms with E-state index in [0.29, 0.717) is 29.9 Å². The first-order valence-corrected chi connectivity index (χ1v) is 11.3. The van der Waals surface area contributed by atoms with Gasteiger partial charge in [0.1, 0.15) is 17.1 Å². The molecule has 5 rings (SSSR count). The van der Waals surface area contributed by atoms with Crippen LogP contribution >= 0.6 is 0 Å². The Balaban J connectivity index is 1.57. The molecule has 0 amide bonds. The van der Waals surface area contributed by atoms with E-state index >= 15 is 0 Å². The van der Waals surface area contributed by atoms with Gasteiger partial charge in [-0.15, -0.1) is 0 Å². The Morgan fingerprint density at radius 3 is 2.71 bits per heavy atom. The maximum Gasteiger partial charge on any atom is 0.343 e. The Morgan fingerprint density at radius 1 is 1.19 bits per heavy atom. The van der Waals surface area contributed by atoms with E-state index in [0.717, 1.165) is 24.8 Å². The smallest absolute Gasteiger partial charge is 0.343 e. The highest BCUT2D eigenvalue weighted by atomic mass is 16.5. The first kappa shape index (κ1) is 20.7. The summed E-state index contributed by atoms with van der Waals surface area (Å²) in [6.07, 6.45) is 6.64. The highest BCUT2D eigenvalue weighted by molar-refractivity contribution is 5.58. The molecule has 6 nitrogen and oxygen atoms in total. The van der Waals surface area contributed by atoms with E-state index in [-0.39, 0.29) is 29.5 Å². The van der Waals surface area contributed by atoms with Crippen LogP contribution in [-0.2, 0) is 6.42 Å². The third kappa shape index (κ3) is 2.91. The number of aromatic nitrogens is 1. The lowest BCUT2D eigenvalue weighted by Gasteiger charge is -2.64. The zero-order valence-corrected chi connectivity index (χ0v) is 18.4. The molecule has 0 bridgehead atoms. The molecule has 2 N–H and O–H groups in total. The van der Waals surface area contributed by atoms with Gasteiger partial charge >= 0.3 is 5.63 Å². The third-order valence-corrected chi connectivity index (χ3v) is 8.82. The minimum Gasteiger partial charge on any atom is -0.487 e. The Kier molecular flexibility index (Phi) is 4.61. The molecule has 2 aromatic heterocycles. The average Bonchev–Trinajstić information content (AvgIpc) is 2.76. The van der Waals surface area contributed by atoms with Gasteiger partial charge in [0.15, 0.2) is 0 Å². The van der Waals surface area contributed by atoms with Crippen molar-refractivity contribution in [3.05, 3.63) is 46.6 Å². The van der Waals surface area contributed by atoms with Crippen molar-refractivity contribution in [2.75, 3.05) is 6.61 Å². The lowest BCUT2D eigenvalue weighted by Crippen LogP contribution is -2.65. The zero-order valence-electron chi connectivity index (χ0n) is 18.4. The number of hydrogen-bond acceptors (Lipinski definition) is 6. The molecule has 0 aromatic carbocycles. The predicted molar refractivity (Wildman–Crippen MR) is 116 cm³/mol. The Bertz CT molecular complexity index is 1050. The SMILES string of the molecule is C[C@]12CC[C@H](O)[C@@](C)(CO)[C@@H]1CC[C@@]1(C)Oc3cc(-c4cccnc4)oc(=O)c3C[C@H]21. The maximum atomic E-state index is 13.0. The second-order valence-electron chi connectivity index (χ2n) is 10.5. The van der Waals surface area contributed by atoms with Crippen molar-refractivity contribution in [1.29, 1.82) is 0 Å². The van der Waals surface area contributed by atoms with Crippen LogP contribution in [0.15, 0.2) is 39.8 Å². The number of fused-ring (bicyclic) bond motifs is 4. The molecule has 0 saturated heterocycles. The molecule has 0 unspecified atom stereocenters. The van der Waals surface area contributed by atoms with Gasteiger partial charge in [0.2, 0.25) is 0 Å². The molecular formula is C25H31NO5. The van der Waals surface area contributed by atoms with Crippen molar-refractivity contribution in [2.45, 2.75) is 64.6 Å². The summed E-state index contributed by atoms with van der Waals surface area (Å²) in [5, 5.41) is 20.9. The van der Waals surface area contributed by atoms with E-state index in [1.807, 2.05) is 25.1 Å². The highest BCUT2D eigenvalue weighted by Gasteiger charge is 2.63. The molecule has 2 saturated carbocycles. The molecule has 2 fully saturated rings. The first-order valence-electron chi connectivity index (χ1n) is 11.3. The fourth-order valence-electron chi connectivity index (χ4n) is 6.98. The molecule has 0 radical (unpaired) electrons. The van der Waals surface area contributed by atoms with Crippen molar-refractivity contribution in [1.82, 2.24) is 4.98 Å². The number of hydrogen-bond donors (Lipinski definition) is 2. The lowest BCUT2D eigenvalue weighted by molar-refractivity contribution is -0.205. The molecule has 31 heavy (non-hydrogen) atoms. The molecule has 6 heteroatoms. The summed E-state index contributed by atoms with van der Waals surface area (Å²) < 4.78 is 12.3. The normalized spacial score (nSPS) is 39.1. The zero-order chi connectivity index (χ0) is 22.0. The maximum absolute atomic E-state index is 13.0. The average molecular weight is 426 g/mol. The van der Waals surface area contributed by atoms with Gasteiger partial charge in [-0.2, -0.15) is 0 Å². The summed E-state index contributed by atoms with van der Waals surface area (Å²) in [4.78, 5) is 17.1. The first-order chi connectivity index (χ1) is 14.7. The molecule has 0 spiro atoms. The van der Waals surface area contributed by atoms with Crippen molar-refractivity contribution in [3.63, 3.8) is 0 Å². The Hall–Kier alpha value is -2.18. The van der Waals surface area contributed by atoms with Gasteiger partial charge in [0.05, 0.1) is 18.3 Å². The van der Waals surface area contributed by atoms with E-state index in [4.69, 9.17) is 9.15 Å². The summed E-state index contributed by atoms with van der Waals surface area (Å²) in [5.74, 6) is 1.35. The van der Waals surface area contributed by atoms with Crippen LogP contribution in [0.2, 0.25) is 0 Å². The minimum atomic E-state index is -0.538. The van der Waals surface area contributed by atoms with Crippen molar-refractivity contribution >= 4 is 0 Å². The van der Waals surface area contributed by atoms with Crippen LogP contribution in [0.1, 0.15) is 52.0 Å². The topological polar surface area (TPSA) is 92.8 Å². The van der Waals surface area contributed by atoms with Crippen molar-refractivity contribution in [3.8, 4) is 17.1 Å². The van der Waals surface area contributed by atoms with Crippen LogP contribution in [0.25, 0.3) is 11.3 Å². The predicted octanol–water partition coefficient (Wildman–Crippen LogP) is 3.58. The second kappa shape index (κ2) is 6.91. The summed E-state index contributed by atoms with van der Waals surface area (Å²) in [7, 11) is 0. The van der Waals surface area contributed by atoms with Crippen LogP contribution in [0.5, 0.6) is 5.75 Å². The second-order valence-corrected chi connectivity index (χ2v) is 10.5. The molecule has 1 aliphatic heterocycles. The van der Waals surface area contributed by atoms with Crippen LogP contribution in [-0.4, -0.2) is 33.5 Å². The number of aliphatic hydroxyl groups excluding tert-OH is 2. The molecular weight excluding hydrogens is 394 g/mol. The van der Waals surface area contributed by atoms with Crippen molar-refractivity contribution < 1.29 is 19.4 Å². The van der Waals surface area contributed by atoms with Gasteiger partial charge in [0.25, 0.3) is 0 Å². The summed E-state index contributed by atoms with van der Waals surface area (Å²) >= 11 is 0. The largest absolute Gasteiger partial charge is 0.487 e. The Morgan fingerprint density at radius 2 is 2.00 bits per heavy atom.